The molecule has 0 aliphatic rings. The summed E-state index contributed by atoms with van der Waals surface area (Å²) in [7, 11) is -9.60. The van der Waals surface area contributed by atoms with Gasteiger partial charge in [-0.25, -0.2) is 0 Å². The number of nitrogens with zero attached hydrogens (tertiary/aromatic N) is 2. The molecule has 0 bridgehead atoms. The van der Waals surface area contributed by atoms with Gasteiger partial charge >= 0.3 is 0 Å². The summed E-state index contributed by atoms with van der Waals surface area (Å²) >= 11 is 0. The molecule has 13 heteroatoms. The lowest BCUT2D eigenvalue weighted by molar-refractivity contribution is 0.472. The van der Waals surface area contributed by atoms with Gasteiger partial charge in [-0.05, 0) is 47.9 Å². The summed E-state index contributed by atoms with van der Waals surface area (Å²) in [6.07, 6.45) is 0. The predicted molar refractivity (Wildman–Crippen MR) is 102 cm³/mol. The van der Waals surface area contributed by atoms with Crippen LogP contribution in [0.15, 0.2) is 62.5 Å². The van der Waals surface area contributed by atoms with Crippen molar-refractivity contribution in [1.82, 2.24) is 0 Å². The highest BCUT2D eigenvalue weighted by Crippen LogP contribution is 2.44. The number of azo groups is 1. The average Bonchev–Trinajstić information content (AvgIpc) is 2.60. The van der Waals surface area contributed by atoms with Crippen molar-refractivity contribution in [3.63, 3.8) is 0 Å². The minimum atomic E-state index is -4.93. The second-order valence-electron chi connectivity index (χ2n) is 5.85. The van der Waals surface area contributed by atoms with E-state index in [2.05, 4.69) is 10.2 Å². The van der Waals surface area contributed by atoms with E-state index in [1.54, 1.807) is 0 Å². The highest BCUT2D eigenvalue weighted by Gasteiger charge is 2.24. The maximum atomic E-state index is 11.8. The van der Waals surface area contributed by atoms with E-state index in [1.807, 2.05) is 0 Å². The van der Waals surface area contributed by atoms with Crippen LogP contribution < -0.4 is 5.73 Å². The van der Waals surface area contributed by atoms with Gasteiger partial charge in [0.15, 0.2) is 5.75 Å². The molecule has 0 aliphatic carbocycles. The van der Waals surface area contributed by atoms with Gasteiger partial charge in [-0.1, -0.05) is 0 Å². The molecule has 0 spiro atoms. The lowest BCUT2D eigenvalue weighted by Crippen LogP contribution is -2.02. The first-order valence-corrected chi connectivity index (χ1v) is 10.5. The van der Waals surface area contributed by atoms with E-state index in [9.17, 15) is 36.2 Å². The van der Waals surface area contributed by atoms with Gasteiger partial charge in [0.1, 0.15) is 16.3 Å². The summed E-state index contributed by atoms with van der Waals surface area (Å²) in [6, 6.07) is 7.89. The number of hydrogen-bond acceptors (Lipinski definition) is 9. The number of phenols is 2. The van der Waals surface area contributed by atoms with Crippen LogP contribution in [0.4, 0.5) is 17.1 Å². The SMILES string of the molecule is Nc1cc(S(=O)(=O)O)cc2cc(S(=O)(=O)O)c(N=Nc3ccc(O)cc3)c(O)c12. The first-order chi connectivity index (χ1) is 13.4. The summed E-state index contributed by atoms with van der Waals surface area (Å²) in [6.45, 7) is 0. The van der Waals surface area contributed by atoms with Gasteiger partial charge in [0.2, 0.25) is 0 Å². The van der Waals surface area contributed by atoms with E-state index in [0.29, 0.717) is 0 Å². The van der Waals surface area contributed by atoms with Crippen LogP contribution in [0.5, 0.6) is 11.5 Å². The number of phenolic OH excluding ortho intramolecular Hbond substituents is 2. The summed E-state index contributed by atoms with van der Waals surface area (Å²) in [5.74, 6) is -0.824. The predicted octanol–water partition coefficient (Wildman–Crippen LogP) is 2.74. The van der Waals surface area contributed by atoms with E-state index in [0.717, 1.165) is 18.2 Å². The zero-order valence-electron chi connectivity index (χ0n) is 14.3. The van der Waals surface area contributed by atoms with Gasteiger partial charge < -0.3 is 15.9 Å². The second-order valence-corrected chi connectivity index (χ2v) is 8.66. The Labute approximate surface area is 164 Å². The van der Waals surface area contributed by atoms with Crippen molar-refractivity contribution in [2.75, 3.05) is 5.73 Å². The van der Waals surface area contributed by atoms with E-state index in [-0.39, 0.29) is 27.9 Å². The molecule has 29 heavy (non-hydrogen) atoms. The Balaban J connectivity index is 2.32. The third kappa shape index (κ3) is 4.12. The van der Waals surface area contributed by atoms with E-state index < -0.39 is 41.5 Å². The third-order valence-electron chi connectivity index (χ3n) is 3.84. The molecular formula is C16H13N3O8S2. The van der Waals surface area contributed by atoms with Crippen LogP contribution in [0.2, 0.25) is 0 Å². The smallest absolute Gasteiger partial charge is 0.296 e. The van der Waals surface area contributed by atoms with Crippen LogP contribution in [0.3, 0.4) is 0 Å². The van der Waals surface area contributed by atoms with Gasteiger partial charge in [-0.2, -0.15) is 21.9 Å². The van der Waals surface area contributed by atoms with E-state index in [1.165, 1.54) is 24.3 Å². The Morgan fingerprint density at radius 2 is 1.45 bits per heavy atom. The van der Waals surface area contributed by atoms with Crippen LogP contribution in [0.1, 0.15) is 0 Å². The molecule has 0 saturated carbocycles. The molecule has 6 N–H and O–H groups in total. The maximum absolute atomic E-state index is 11.8. The zero-order chi connectivity index (χ0) is 21.6. The first-order valence-electron chi connectivity index (χ1n) is 7.63. The summed E-state index contributed by atoms with van der Waals surface area (Å²) in [4.78, 5) is -1.50. The second kappa shape index (κ2) is 6.97. The largest absolute Gasteiger partial charge is 0.508 e. The Morgan fingerprint density at radius 1 is 0.828 bits per heavy atom. The summed E-state index contributed by atoms with van der Waals surface area (Å²) in [5, 5.41) is 26.9. The lowest BCUT2D eigenvalue weighted by atomic mass is 10.1. The fourth-order valence-electron chi connectivity index (χ4n) is 2.56. The Bertz CT molecular complexity index is 1370. The number of hydrogen-bond donors (Lipinski definition) is 5. The summed E-state index contributed by atoms with van der Waals surface area (Å²) < 4.78 is 65.0. The highest BCUT2D eigenvalue weighted by atomic mass is 32.2. The van der Waals surface area contributed by atoms with E-state index >= 15 is 0 Å². The molecule has 0 unspecified atom stereocenters. The Kier molecular flexibility index (Phi) is 4.92. The lowest BCUT2D eigenvalue weighted by Gasteiger charge is -2.11. The fraction of sp³-hybridized carbons (Fsp3) is 0. The van der Waals surface area contributed by atoms with Crippen molar-refractivity contribution in [2.24, 2.45) is 10.2 Å². The number of rotatable bonds is 4. The van der Waals surface area contributed by atoms with Crippen molar-refractivity contribution in [3.8, 4) is 11.5 Å². The first kappa shape index (κ1) is 20.5. The number of fused-ring (bicyclic) bond motifs is 1. The van der Waals surface area contributed by atoms with Crippen molar-refractivity contribution in [2.45, 2.75) is 9.79 Å². The monoisotopic (exact) mass is 439 g/mol. The minimum Gasteiger partial charge on any atom is -0.508 e. The molecule has 11 nitrogen and oxygen atoms in total. The molecule has 0 aliphatic heterocycles. The van der Waals surface area contributed by atoms with Gasteiger partial charge in [0, 0.05) is 11.1 Å². The van der Waals surface area contributed by atoms with Crippen molar-refractivity contribution in [3.05, 3.63) is 42.5 Å². The Hall–Kier alpha value is -3.26. The highest BCUT2D eigenvalue weighted by molar-refractivity contribution is 7.86. The molecule has 3 aromatic carbocycles. The number of aromatic hydroxyl groups is 2. The van der Waals surface area contributed by atoms with Crippen molar-refractivity contribution in [1.29, 1.82) is 0 Å². The molecule has 0 heterocycles. The molecule has 3 rings (SSSR count). The zero-order valence-corrected chi connectivity index (χ0v) is 15.9. The van der Waals surface area contributed by atoms with E-state index in [4.69, 9.17) is 5.73 Å². The molecular weight excluding hydrogens is 426 g/mol. The molecule has 3 aromatic rings. The number of anilines is 1. The van der Waals surface area contributed by atoms with Gasteiger partial charge in [-0.3, -0.25) is 9.11 Å². The Morgan fingerprint density at radius 3 is 2.00 bits per heavy atom. The topological polar surface area (TPSA) is 200 Å². The summed E-state index contributed by atoms with van der Waals surface area (Å²) in [5.41, 5.74) is 5.02. The van der Waals surface area contributed by atoms with Crippen molar-refractivity contribution >= 4 is 48.1 Å². The van der Waals surface area contributed by atoms with Crippen molar-refractivity contribution < 1.29 is 36.2 Å². The fourth-order valence-corrected chi connectivity index (χ4v) is 3.77. The minimum absolute atomic E-state index is 0.0430. The molecule has 152 valence electrons. The molecule has 0 amide bonds. The average molecular weight is 439 g/mol. The normalized spacial score (nSPS) is 12.6. The van der Waals surface area contributed by atoms with Gasteiger partial charge in [-0.15, -0.1) is 5.11 Å². The third-order valence-corrected chi connectivity index (χ3v) is 5.54. The number of benzene rings is 3. The molecule has 0 saturated heterocycles. The molecule has 0 fully saturated rings. The van der Waals surface area contributed by atoms with Gasteiger partial charge in [0.05, 0.1) is 10.6 Å². The van der Waals surface area contributed by atoms with Crippen LogP contribution in [-0.2, 0) is 20.2 Å². The quantitative estimate of drug-likeness (QED) is 0.230. The van der Waals surface area contributed by atoms with Crippen LogP contribution in [0, 0.1) is 0 Å². The van der Waals surface area contributed by atoms with Gasteiger partial charge in [0.25, 0.3) is 20.2 Å². The molecule has 0 atom stereocenters. The molecule has 0 radical (unpaired) electrons. The standard InChI is InChI=1S/C16H13N3O8S2/c17-12-7-11(28(22,23)24)5-8-6-13(29(25,26)27)15(16(21)14(8)12)19-18-9-1-3-10(20)4-2-9/h1-7,20-21H,17H2,(H,22,23,24)(H,25,26,27). The van der Waals surface area contributed by atoms with Crippen LogP contribution >= 0.6 is 0 Å². The number of nitrogens with two attached hydrogens (primary N) is 1. The van der Waals surface area contributed by atoms with Crippen LogP contribution in [-0.4, -0.2) is 36.2 Å². The number of nitrogen functional groups attached to an aromatic ring is 1. The maximum Gasteiger partial charge on any atom is 0.296 e. The molecule has 0 aromatic heterocycles. The van der Waals surface area contributed by atoms with Crippen LogP contribution in [0.25, 0.3) is 10.8 Å².